The van der Waals surface area contributed by atoms with Gasteiger partial charge in [-0.3, -0.25) is 0 Å². The van der Waals surface area contributed by atoms with Crippen LogP contribution in [0.1, 0.15) is 66.2 Å². The molecule has 2 aromatic carbocycles. The highest BCUT2D eigenvalue weighted by molar-refractivity contribution is 7.64. The molecule has 0 bridgehead atoms. The first kappa shape index (κ1) is 20.5. The van der Waals surface area contributed by atoms with Gasteiger partial charge in [-0.15, -0.1) is 0 Å². The van der Waals surface area contributed by atoms with Gasteiger partial charge in [-0.25, -0.2) is 4.79 Å². The second-order valence-corrected chi connectivity index (χ2v) is 9.70. The van der Waals surface area contributed by atoms with Gasteiger partial charge in [0.15, 0.2) is 6.16 Å². The zero-order valence-corrected chi connectivity index (χ0v) is 17.5. The Morgan fingerprint density at radius 3 is 2.08 bits per heavy atom. The van der Waals surface area contributed by atoms with Crippen molar-refractivity contribution in [1.82, 2.24) is 0 Å². The molecular formula is C23H30O2P+. The SMILES string of the molecule is Cc1cc(C(C)(C)C)cc(C)c1C(=O)[P+](=O)CCCCc1ccccc1. The van der Waals surface area contributed by atoms with Crippen LogP contribution in [-0.2, 0) is 16.4 Å². The van der Waals surface area contributed by atoms with Crippen LogP contribution in [0.2, 0.25) is 0 Å². The lowest BCUT2D eigenvalue weighted by Crippen LogP contribution is -2.13. The third-order valence-corrected chi connectivity index (χ3v) is 6.16. The second-order valence-electron chi connectivity index (χ2n) is 8.09. The molecule has 2 aromatic rings. The van der Waals surface area contributed by atoms with Crippen LogP contribution >= 0.6 is 7.80 Å². The van der Waals surface area contributed by atoms with E-state index in [9.17, 15) is 9.36 Å². The summed E-state index contributed by atoms with van der Waals surface area (Å²) in [6.07, 6.45) is 3.21. The molecular weight excluding hydrogens is 339 g/mol. The van der Waals surface area contributed by atoms with Crippen LogP contribution in [0.15, 0.2) is 42.5 Å². The molecule has 0 heterocycles. The highest BCUT2D eigenvalue weighted by Gasteiger charge is 2.32. The lowest BCUT2D eigenvalue weighted by atomic mass is 9.84. The maximum Gasteiger partial charge on any atom is 0.420 e. The van der Waals surface area contributed by atoms with E-state index in [1.807, 2.05) is 32.0 Å². The van der Waals surface area contributed by atoms with Crippen LogP contribution in [0.3, 0.4) is 0 Å². The van der Waals surface area contributed by atoms with Gasteiger partial charge in [0.1, 0.15) is 0 Å². The number of carbonyl (C=O) groups is 1. The molecule has 0 aromatic heterocycles. The Labute approximate surface area is 158 Å². The molecule has 0 fully saturated rings. The Morgan fingerprint density at radius 2 is 1.54 bits per heavy atom. The van der Waals surface area contributed by atoms with Crippen molar-refractivity contribution in [3.63, 3.8) is 0 Å². The maximum absolute atomic E-state index is 12.7. The fourth-order valence-corrected chi connectivity index (χ4v) is 4.51. The molecule has 1 unspecified atom stereocenters. The molecule has 0 aliphatic rings. The summed E-state index contributed by atoms with van der Waals surface area (Å²) in [4.78, 5) is 12.7. The first-order valence-corrected chi connectivity index (χ1v) is 10.8. The van der Waals surface area contributed by atoms with E-state index in [1.165, 1.54) is 11.1 Å². The summed E-state index contributed by atoms with van der Waals surface area (Å²) in [7, 11) is -1.86. The summed E-state index contributed by atoms with van der Waals surface area (Å²) < 4.78 is 12.5. The Balaban J connectivity index is 1.98. The highest BCUT2D eigenvalue weighted by Crippen LogP contribution is 2.34. The molecule has 138 valence electrons. The van der Waals surface area contributed by atoms with Crippen LogP contribution in [0.25, 0.3) is 0 Å². The average Bonchev–Trinajstić information content (AvgIpc) is 2.57. The number of aryl methyl sites for hydroxylation is 3. The molecule has 0 aliphatic carbocycles. The van der Waals surface area contributed by atoms with Gasteiger partial charge in [-0.2, -0.15) is 0 Å². The minimum atomic E-state index is -1.86. The first-order valence-electron chi connectivity index (χ1n) is 9.35. The Hall–Kier alpha value is -1.79. The molecule has 26 heavy (non-hydrogen) atoms. The normalized spacial score (nSPS) is 12.1. The van der Waals surface area contributed by atoms with Crippen molar-refractivity contribution in [1.29, 1.82) is 0 Å². The first-order chi connectivity index (χ1) is 12.2. The standard InChI is InChI=1S/C23H30O2P/c1-17-15-20(23(3,4)5)16-18(2)21(17)22(24)26(25)14-10-9-13-19-11-7-6-8-12-19/h6-8,11-12,15-16H,9-10,13-14H2,1-5H3/q+1. The lowest BCUT2D eigenvalue weighted by molar-refractivity contribution is 0.107. The summed E-state index contributed by atoms with van der Waals surface area (Å²) in [5, 5.41) is 0. The van der Waals surface area contributed by atoms with Crippen molar-refractivity contribution in [2.45, 2.75) is 59.3 Å². The number of hydrogen-bond acceptors (Lipinski definition) is 2. The van der Waals surface area contributed by atoms with Gasteiger partial charge < -0.3 is 0 Å². The topological polar surface area (TPSA) is 34.1 Å². The van der Waals surface area contributed by atoms with Crippen molar-refractivity contribution in [3.05, 3.63) is 70.3 Å². The van der Waals surface area contributed by atoms with Gasteiger partial charge >= 0.3 is 13.3 Å². The van der Waals surface area contributed by atoms with Gasteiger partial charge in [-0.1, -0.05) is 67.8 Å². The number of carbonyl (C=O) groups excluding carboxylic acids is 1. The van der Waals surface area contributed by atoms with Crippen molar-refractivity contribution in [2.24, 2.45) is 0 Å². The summed E-state index contributed by atoms with van der Waals surface area (Å²) in [6, 6.07) is 14.4. The van der Waals surface area contributed by atoms with E-state index < -0.39 is 7.80 Å². The molecule has 0 saturated carbocycles. The summed E-state index contributed by atoms with van der Waals surface area (Å²) in [5.74, 6) is 0. The van der Waals surface area contributed by atoms with E-state index in [1.54, 1.807) is 0 Å². The van der Waals surface area contributed by atoms with Crippen molar-refractivity contribution in [3.8, 4) is 0 Å². The fraction of sp³-hybridized carbons (Fsp3) is 0.435. The molecule has 1 atom stereocenters. The minimum absolute atomic E-state index is 0.0384. The average molecular weight is 369 g/mol. The molecule has 0 amide bonds. The quantitative estimate of drug-likeness (QED) is 0.407. The molecule has 2 rings (SSSR count). The number of hydrogen-bond donors (Lipinski definition) is 0. The van der Waals surface area contributed by atoms with E-state index in [-0.39, 0.29) is 10.9 Å². The van der Waals surface area contributed by atoms with E-state index in [2.05, 4.69) is 45.0 Å². The molecule has 3 heteroatoms. The van der Waals surface area contributed by atoms with Crippen LogP contribution < -0.4 is 0 Å². The van der Waals surface area contributed by atoms with Gasteiger partial charge in [0, 0.05) is 0 Å². The van der Waals surface area contributed by atoms with Gasteiger partial charge in [-0.05, 0) is 60.8 Å². The molecule has 0 radical (unpaired) electrons. The van der Waals surface area contributed by atoms with E-state index >= 15 is 0 Å². The number of benzene rings is 2. The van der Waals surface area contributed by atoms with Crippen LogP contribution in [0, 0.1) is 13.8 Å². The van der Waals surface area contributed by atoms with Gasteiger partial charge in [0.2, 0.25) is 0 Å². The van der Waals surface area contributed by atoms with Crippen molar-refractivity contribution < 1.29 is 9.36 Å². The zero-order chi connectivity index (χ0) is 19.3. The van der Waals surface area contributed by atoms with Crippen molar-refractivity contribution in [2.75, 3.05) is 6.16 Å². The maximum atomic E-state index is 12.7. The van der Waals surface area contributed by atoms with E-state index in [4.69, 9.17) is 0 Å². The predicted molar refractivity (Wildman–Crippen MR) is 111 cm³/mol. The third kappa shape index (κ3) is 5.35. The van der Waals surface area contributed by atoms with Gasteiger partial charge in [0.05, 0.1) is 5.56 Å². The lowest BCUT2D eigenvalue weighted by Gasteiger charge is -2.21. The molecule has 0 spiro atoms. The smallest absolute Gasteiger partial charge is 0.234 e. The summed E-state index contributed by atoms with van der Waals surface area (Å²) in [5.41, 5.74) is 4.88. The van der Waals surface area contributed by atoms with E-state index in [0.29, 0.717) is 11.7 Å². The summed E-state index contributed by atoms with van der Waals surface area (Å²) in [6.45, 7) is 10.4. The molecule has 0 N–H and O–H groups in total. The second kappa shape index (κ2) is 8.73. The van der Waals surface area contributed by atoms with Crippen LogP contribution in [0.4, 0.5) is 0 Å². The van der Waals surface area contributed by atoms with Crippen molar-refractivity contribution >= 4 is 13.3 Å². The Morgan fingerprint density at radius 1 is 0.962 bits per heavy atom. The highest BCUT2D eigenvalue weighted by atomic mass is 31.1. The van der Waals surface area contributed by atoms with Crippen LogP contribution in [0.5, 0.6) is 0 Å². The Bertz CT molecular complexity index is 763. The third-order valence-electron chi connectivity index (χ3n) is 4.76. The number of unbranched alkanes of at least 4 members (excludes halogenated alkanes) is 1. The van der Waals surface area contributed by atoms with Crippen LogP contribution in [-0.4, -0.2) is 11.7 Å². The van der Waals surface area contributed by atoms with E-state index in [0.717, 1.165) is 30.4 Å². The summed E-state index contributed by atoms with van der Waals surface area (Å²) >= 11 is 0. The Kier molecular flexibility index (Phi) is 6.89. The number of rotatable bonds is 7. The monoisotopic (exact) mass is 369 g/mol. The minimum Gasteiger partial charge on any atom is -0.234 e. The molecule has 0 saturated heterocycles. The molecule has 0 aliphatic heterocycles. The zero-order valence-electron chi connectivity index (χ0n) is 16.6. The predicted octanol–water partition coefficient (Wildman–Crippen LogP) is 6.59. The fourth-order valence-electron chi connectivity index (χ4n) is 3.19. The largest absolute Gasteiger partial charge is 0.420 e. The molecule has 2 nitrogen and oxygen atoms in total. The van der Waals surface area contributed by atoms with Gasteiger partial charge in [0.25, 0.3) is 0 Å².